The minimum atomic E-state index is -0.454. The molecule has 2 N–H and O–H groups in total. The van der Waals surface area contributed by atoms with Crippen LogP contribution in [0.5, 0.6) is 0 Å². The maximum Gasteiger partial charge on any atom is 0.169 e. The van der Waals surface area contributed by atoms with E-state index in [1.165, 1.54) is 6.07 Å². The Bertz CT molecular complexity index is 742. The van der Waals surface area contributed by atoms with Gasteiger partial charge in [-0.3, -0.25) is 0 Å². The molecule has 0 bridgehead atoms. The molecule has 0 radical (unpaired) electrons. The van der Waals surface area contributed by atoms with Gasteiger partial charge in [-0.2, -0.15) is 0 Å². The molecule has 1 atom stereocenters. The topological polar surface area (TPSA) is 52.3 Å². The van der Waals surface area contributed by atoms with E-state index in [4.69, 9.17) is 14.6 Å². The van der Waals surface area contributed by atoms with Gasteiger partial charge in [0.05, 0.1) is 6.04 Å². The molecule has 98 valence electrons. The highest BCUT2D eigenvalue weighted by atomic mass is 19.1. The van der Waals surface area contributed by atoms with Gasteiger partial charge in [0.25, 0.3) is 0 Å². The molecule has 0 fully saturated rings. The highest BCUT2D eigenvalue weighted by molar-refractivity contribution is 5.78. The Morgan fingerprint density at radius 1 is 1.16 bits per heavy atom. The summed E-state index contributed by atoms with van der Waals surface area (Å²) < 4.78 is 24.6. The van der Waals surface area contributed by atoms with Crippen LogP contribution in [-0.4, -0.2) is 0 Å². The van der Waals surface area contributed by atoms with Crippen LogP contribution in [0.3, 0.4) is 0 Å². The third-order valence-corrected chi connectivity index (χ3v) is 3.24. The van der Waals surface area contributed by atoms with E-state index in [0.29, 0.717) is 11.1 Å². The minimum Gasteiger partial charge on any atom is -0.466 e. The van der Waals surface area contributed by atoms with Gasteiger partial charge in [-0.1, -0.05) is 12.1 Å². The van der Waals surface area contributed by atoms with Crippen molar-refractivity contribution in [1.29, 1.82) is 0 Å². The largest absolute Gasteiger partial charge is 0.466 e. The van der Waals surface area contributed by atoms with Crippen molar-refractivity contribution in [3.05, 3.63) is 59.0 Å². The Morgan fingerprint density at radius 3 is 2.58 bits per heavy atom. The molecular formula is C15H14FNO2. The number of rotatable bonds is 2. The van der Waals surface area contributed by atoms with Crippen molar-refractivity contribution in [1.82, 2.24) is 0 Å². The van der Waals surface area contributed by atoms with E-state index in [0.717, 1.165) is 17.1 Å². The van der Waals surface area contributed by atoms with E-state index >= 15 is 0 Å². The van der Waals surface area contributed by atoms with Crippen molar-refractivity contribution in [2.75, 3.05) is 0 Å². The molecule has 0 spiro atoms. The second-order valence-corrected chi connectivity index (χ2v) is 4.65. The average molecular weight is 259 g/mol. The van der Waals surface area contributed by atoms with Crippen molar-refractivity contribution in [2.24, 2.45) is 5.73 Å². The number of hydrogen-bond acceptors (Lipinski definition) is 3. The van der Waals surface area contributed by atoms with Crippen molar-refractivity contribution in [2.45, 2.75) is 19.9 Å². The van der Waals surface area contributed by atoms with E-state index < -0.39 is 6.04 Å². The zero-order valence-corrected chi connectivity index (χ0v) is 10.7. The van der Waals surface area contributed by atoms with Crippen LogP contribution in [0.1, 0.15) is 28.9 Å². The monoisotopic (exact) mass is 259 g/mol. The molecule has 2 aromatic heterocycles. The van der Waals surface area contributed by atoms with Gasteiger partial charge in [0.2, 0.25) is 0 Å². The second-order valence-electron chi connectivity index (χ2n) is 4.65. The van der Waals surface area contributed by atoms with E-state index in [1.807, 2.05) is 19.9 Å². The molecule has 0 aliphatic carbocycles. The first-order valence-corrected chi connectivity index (χ1v) is 6.06. The van der Waals surface area contributed by atoms with Crippen LogP contribution in [0.25, 0.3) is 11.0 Å². The summed E-state index contributed by atoms with van der Waals surface area (Å²) in [5, 5.41) is 0.711. The Kier molecular flexibility index (Phi) is 2.68. The van der Waals surface area contributed by atoms with Crippen molar-refractivity contribution in [3.63, 3.8) is 0 Å². The molecule has 0 saturated heterocycles. The van der Waals surface area contributed by atoms with Crippen LogP contribution in [0.2, 0.25) is 0 Å². The molecule has 0 amide bonds. The fraction of sp³-hybridized carbons (Fsp3) is 0.200. The molecule has 4 heteroatoms. The number of nitrogens with two attached hydrogens (primary N) is 1. The predicted molar refractivity (Wildman–Crippen MR) is 70.4 cm³/mol. The lowest BCUT2D eigenvalue weighted by molar-refractivity contribution is 0.483. The summed E-state index contributed by atoms with van der Waals surface area (Å²) in [7, 11) is 0. The Balaban J connectivity index is 2.09. The van der Waals surface area contributed by atoms with E-state index in [-0.39, 0.29) is 11.4 Å². The maximum absolute atomic E-state index is 13.6. The first kappa shape index (κ1) is 12.0. The molecule has 2 heterocycles. The maximum atomic E-state index is 13.6. The Hall–Kier alpha value is -2.07. The summed E-state index contributed by atoms with van der Waals surface area (Å²) in [5.74, 6) is 1.70. The summed E-state index contributed by atoms with van der Waals surface area (Å²) in [4.78, 5) is 0. The summed E-state index contributed by atoms with van der Waals surface area (Å²) >= 11 is 0. The van der Waals surface area contributed by atoms with Crippen LogP contribution < -0.4 is 5.73 Å². The molecule has 1 aromatic carbocycles. The highest BCUT2D eigenvalue weighted by Gasteiger charge is 2.19. The molecule has 3 rings (SSSR count). The SMILES string of the molecule is Cc1cc(C(N)c2cc3cccc(F)c3o2)c(C)o1. The normalized spacial score (nSPS) is 13.1. The standard InChI is InChI=1S/C15H14FNO2/c1-8-6-11(9(2)18-8)14(17)13-7-10-4-3-5-12(16)15(10)19-13/h3-7,14H,17H2,1-2H3. The van der Waals surface area contributed by atoms with Gasteiger partial charge in [-0.05, 0) is 32.0 Å². The minimum absolute atomic E-state index is 0.241. The quantitative estimate of drug-likeness (QED) is 0.761. The number of hydrogen-bond donors (Lipinski definition) is 1. The molecule has 3 aromatic rings. The van der Waals surface area contributed by atoms with Gasteiger partial charge in [0, 0.05) is 10.9 Å². The molecule has 0 saturated carbocycles. The molecular weight excluding hydrogens is 245 g/mol. The zero-order chi connectivity index (χ0) is 13.6. The zero-order valence-electron chi connectivity index (χ0n) is 10.7. The van der Waals surface area contributed by atoms with Gasteiger partial charge in [-0.25, -0.2) is 4.39 Å². The number of furan rings is 2. The molecule has 1 unspecified atom stereocenters. The fourth-order valence-corrected chi connectivity index (χ4v) is 2.31. The van der Waals surface area contributed by atoms with Crippen molar-refractivity contribution < 1.29 is 13.2 Å². The van der Waals surface area contributed by atoms with Crippen molar-refractivity contribution in [3.8, 4) is 0 Å². The smallest absolute Gasteiger partial charge is 0.169 e. The van der Waals surface area contributed by atoms with Crippen molar-refractivity contribution >= 4 is 11.0 Å². The first-order chi connectivity index (χ1) is 9.06. The van der Waals surface area contributed by atoms with Gasteiger partial charge in [-0.15, -0.1) is 0 Å². The highest BCUT2D eigenvalue weighted by Crippen LogP contribution is 2.30. The van der Waals surface area contributed by atoms with Gasteiger partial charge in [0.15, 0.2) is 11.4 Å². The van der Waals surface area contributed by atoms with Crippen LogP contribution in [0, 0.1) is 19.7 Å². The number of para-hydroxylation sites is 1. The van der Waals surface area contributed by atoms with Gasteiger partial charge < -0.3 is 14.6 Å². The average Bonchev–Trinajstić information content (AvgIpc) is 2.93. The Morgan fingerprint density at radius 2 is 1.95 bits per heavy atom. The third kappa shape index (κ3) is 1.94. The lowest BCUT2D eigenvalue weighted by Gasteiger charge is -2.06. The first-order valence-electron chi connectivity index (χ1n) is 6.06. The number of aryl methyl sites for hydroxylation is 2. The summed E-state index contributed by atoms with van der Waals surface area (Å²) in [6.45, 7) is 3.72. The van der Waals surface area contributed by atoms with E-state index in [9.17, 15) is 4.39 Å². The molecule has 0 aliphatic heterocycles. The van der Waals surface area contributed by atoms with Gasteiger partial charge >= 0.3 is 0 Å². The fourth-order valence-electron chi connectivity index (χ4n) is 2.31. The summed E-state index contributed by atoms with van der Waals surface area (Å²) in [5.41, 5.74) is 7.27. The second kappa shape index (κ2) is 4.24. The van der Waals surface area contributed by atoms with E-state index in [1.54, 1.807) is 18.2 Å². The van der Waals surface area contributed by atoms with Crippen LogP contribution in [0.4, 0.5) is 4.39 Å². The number of benzene rings is 1. The van der Waals surface area contributed by atoms with E-state index in [2.05, 4.69) is 0 Å². The molecule has 19 heavy (non-hydrogen) atoms. The lowest BCUT2D eigenvalue weighted by atomic mass is 10.1. The van der Waals surface area contributed by atoms with Crippen LogP contribution in [0.15, 0.2) is 39.2 Å². The predicted octanol–water partition coefficient (Wildman–Crippen LogP) is 3.83. The van der Waals surface area contributed by atoms with Gasteiger partial charge in [0.1, 0.15) is 17.3 Å². The molecule has 3 nitrogen and oxygen atoms in total. The third-order valence-electron chi connectivity index (χ3n) is 3.24. The summed E-state index contributed by atoms with van der Waals surface area (Å²) in [6.07, 6.45) is 0. The molecule has 0 aliphatic rings. The number of halogens is 1. The Labute approximate surface area is 109 Å². The summed E-state index contributed by atoms with van der Waals surface area (Å²) in [6, 6.07) is 8.01. The van der Waals surface area contributed by atoms with Crippen LogP contribution >= 0.6 is 0 Å². The number of fused-ring (bicyclic) bond motifs is 1. The lowest BCUT2D eigenvalue weighted by Crippen LogP contribution is -2.10. The van der Waals surface area contributed by atoms with Crippen LogP contribution in [-0.2, 0) is 0 Å².